The van der Waals surface area contributed by atoms with E-state index < -0.39 is 0 Å². The minimum atomic E-state index is 0.393. The molecule has 2 aromatic carbocycles. The third kappa shape index (κ3) is 3.35. The van der Waals surface area contributed by atoms with E-state index in [4.69, 9.17) is 22.7 Å². The molecule has 3 nitrogen and oxygen atoms in total. The van der Waals surface area contributed by atoms with Crippen LogP contribution in [0.5, 0.6) is 0 Å². The van der Waals surface area contributed by atoms with Crippen LogP contribution in [-0.2, 0) is 11.3 Å². The molecule has 0 bridgehead atoms. The van der Waals surface area contributed by atoms with Gasteiger partial charge in [-0.25, -0.2) is 0 Å². The van der Waals surface area contributed by atoms with E-state index in [9.17, 15) is 0 Å². The van der Waals surface area contributed by atoms with Crippen LogP contribution in [0.3, 0.4) is 0 Å². The summed E-state index contributed by atoms with van der Waals surface area (Å²) < 4.78 is 5.15. The van der Waals surface area contributed by atoms with Gasteiger partial charge < -0.3 is 15.8 Å². The van der Waals surface area contributed by atoms with Crippen LogP contribution in [0, 0.1) is 6.92 Å². The number of thiocarbonyl (C=S) groups is 1. The summed E-state index contributed by atoms with van der Waals surface area (Å²) in [5.41, 5.74) is 10.8. The van der Waals surface area contributed by atoms with Gasteiger partial charge in [0.25, 0.3) is 0 Å². The SMILES string of the molecule is COCc1cccc(Nc2c(C)cccc2C(N)=S)c1. The molecule has 0 atom stereocenters. The van der Waals surface area contributed by atoms with Crippen LogP contribution in [0.15, 0.2) is 42.5 Å². The van der Waals surface area contributed by atoms with Crippen molar-refractivity contribution in [3.05, 3.63) is 59.2 Å². The zero-order valence-corrected chi connectivity index (χ0v) is 12.5. The Morgan fingerprint density at radius 2 is 2.00 bits per heavy atom. The molecule has 3 N–H and O–H groups in total. The third-order valence-corrected chi connectivity index (χ3v) is 3.27. The molecule has 0 aliphatic heterocycles. The van der Waals surface area contributed by atoms with E-state index in [-0.39, 0.29) is 0 Å². The molecule has 0 saturated heterocycles. The summed E-state index contributed by atoms with van der Waals surface area (Å²) in [7, 11) is 1.69. The van der Waals surface area contributed by atoms with Gasteiger partial charge in [0.2, 0.25) is 0 Å². The lowest BCUT2D eigenvalue weighted by Gasteiger charge is -2.15. The maximum Gasteiger partial charge on any atom is 0.106 e. The molecular formula is C16H18N2OS. The molecule has 0 fully saturated rings. The van der Waals surface area contributed by atoms with Crippen molar-refractivity contribution in [2.24, 2.45) is 5.73 Å². The number of anilines is 2. The number of rotatable bonds is 5. The quantitative estimate of drug-likeness (QED) is 0.826. The van der Waals surface area contributed by atoms with E-state index in [1.54, 1.807) is 7.11 Å². The molecule has 0 aliphatic carbocycles. The molecule has 20 heavy (non-hydrogen) atoms. The molecular weight excluding hydrogens is 268 g/mol. The summed E-state index contributed by atoms with van der Waals surface area (Å²) in [5, 5.41) is 3.40. The lowest BCUT2D eigenvalue weighted by molar-refractivity contribution is 0.185. The number of ether oxygens (including phenoxy) is 1. The summed E-state index contributed by atoms with van der Waals surface area (Å²) in [5.74, 6) is 0. The zero-order valence-electron chi connectivity index (χ0n) is 11.6. The van der Waals surface area contributed by atoms with Crippen LogP contribution >= 0.6 is 12.2 Å². The summed E-state index contributed by atoms with van der Waals surface area (Å²) in [6, 6.07) is 14.0. The Kier molecular flexibility index (Phi) is 4.71. The fourth-order valence-corrected chi connectivity index (χ4v) is 2.26. The van der Waals surface area contributed by atoms with Crippen molar-refractivity contribution >= 4 is 28.6 Å². The molecule has 0 heterocycles. The Morgan fingerprint density at radius 3 is 2.70 bits per heavy atom. The Bertz CT molecular complexity index is 626. The van der Waals surface area contributed by atoms with E-state index in [0.717, 1.165) is 28.1 Å². The second kappa shape index (κ2) is 6.50. The smallest absolute Gasteiger partial charge is 0.106 e. The fourth-order valence-electron chi connectivity index (χ4n) is 2.09. The Balaban J connectivity index is 2.34. The average molecular weight is 286 g/mol. The Hall–Kier alpha value is -1.91. The number of aryl methyl sites for hydroxylation is 1. The summed E-state index contributed by atoms with van der Waals surface area (Å²) >= 11 is 5.11. The number of hydrogen-bond donors (Lipinski definition) is 2. The number of para-hydroxylation sites is 1. The highest BCUT2D eigenvalue weighted by Crippen LogP contribution is 2.25. The number of nitrogens with one attached hydrogen (secondary N) is 1. The first kappa shape index (κ1) is 14.5. The van der Waals surface area contributed by atoms with Crippen molar-refractivity contribution in [3.8, 4) is 0 Å². The maximum atomic E-state index is 5.79. The molecule has 0 radical (unpaired) electrons. The molecule has 0 saturated carbocycles. The topological polar surface area (TPSA) is 47.3 Å². The van der Waals surface area contributed by atoms with E-state index in [0.29, 0.717) is 11.6 Å². The van der Waals surface area contributed by atoms with Crippen LogP contribution in [0.1, 0.15) is 16.7 Å². The molecule has 2 aromatic rings. The van der Waals surface area contributed by atoms with Gasteiger partial charge >= 0.3 is 0 Å². The second-order valence-corrected chi connectivity index (χ2v) is 5.06. The highest BCUT2D eigenvalue weighted by atomic mass is 32.1. The standard InChI is InChI=1S/C16H18N2OS/c1-11-5-3-8-14(16(17)20)15(11)18-13-7-4-6-12(9-13)10-19-2/h3-9,18H,10H2,1-2H3,(H2,17,20). The Labute approximate surface area is 124 Å². The molecule has 0 aliphatic rings. The van der Waals surface area contributed by atoms with Crippen molar-refractivity contribution in [2.75, 3.05) is 12.4 Å². The van der Waals surface area contributed by atoms with Gasteiger partial charge in [0, 0.05) is 18.4 Å². The van der Waals surface area contributed by atoms with Crippen molar-refractivity contribution in [3.63, 3.8) is 0 Å². The van der Waals surface area contributed by atoms with Gasteiger partial charge in [-0.3, -0.25) is 0 Å². The second-order valence-electron chi connectivity index (χ2n) is 4.62. The summed E-state index contributed by atoms with van der Waals surface area (Å²) in [4.78, 5) is 0.393. The lowest BCUT2D eigenvalue weighted by Crippen LogP contribution is -2.12. The van der Waals surface area contributed by atoms with Crippen molar-refractivity contribution < 1.29 is 4.74 Å². The van der Waals surface area contributed by atoms with Crippen LogP contribution < -0.4 is 11.1 Å². The molecule has 104 valence electrons. The number of benzene rings is 2. The molecule has 2 rings (SSSR count). The number of methoxy groups -OCH3 is 1. The van der Waals surface area contributed by atoms with Crippen LogP contribution in [0.2, 0.25) is 0 Å². The van der Waals surface area contributed by atoms with Crippen LogP contribution in [-0.4, -0.2) is 12.1 Å². The molecule has 4 heteroatoms. The highest BCUT2D eigenvalue weighted by molar-refractivity contribution is 7.80. The molecule has 0 spiro atoms. The Morgan fingerprint density at radius 1 is 1.25 bits per heavy atom. The first-order chi connectivity index (χ1) is 9.61. The number of nitrogens with two attached hydrogens (primary N) is 1. The summed E-state index contributed by atoms with van der Waals surface area (Å²) in [6.07, 6.45) is 0. The number of hydrogen-bond acceptors (Lipinski definition) is 3. The van der Waals surface area contributed by atoms with Gasteiger partial charge in [0.15, 0.2) is 0 Å². The third-order valence-electron chi connectivity index (χ3n) is 3.05. The van der Waals surface area contributed by atoms with Crippen LogP contribution in [0.25, 0.3) is 0 Å². The molecule has 0 unspecified atom stereocenters. The predicted molar refractivity (Wildman–Crippen MR) is 87.5 cm³/mol. The van der Waals surface area contributed by atoms with Gasteiger partial charge in [-0.1, -0.05) is 36.5 Å². The highest BCUT2D eigenvalue weighted by Gasteiger charge is 2.08. The first-order valence-corrected chi connectivity index (χ1v) is 6.77. The summed E-state index contributed by atoms with van der Waals surface area (Å²) in [6.45, 7) is 2.62. The minimum Gasteiger partial charge on any atom is -0.389 e. The normalized spacial score (nSPS) is 10.3. The van der Waals surface area contributed by atoms with E-state index in [1.165, 1.54) is 0 Å². The van der Waals surface area contributed by atoms with Gasteiger partial charge in [-0.05, 0) is 36.2 Å². The van der Waals surface area contributed by atoms with Crippen LogP contribution in [0.4, 0.5) is 11.4 Å². The van der Waals surface area contributed by atoms with E-state index in [2.05, 4.69) is 11.4 Å². The van der Waals surface area contributed by atoms with Crippen molar-refractivity contribution in [1.82, 2.24) is 0 Å². The predicted octanol–water partition coefficient (Wildman–Crippen LogP) is 3.52. The molecule has 0 aromatic heterocycles. The van der Waals surface area contributed by atoms with E-state index >= 15 is 0 Å². The molecule has 0 amide bonds. The van der Waals surface area contributed by atoms with Gasteiger partial charge in [-0.2, -0.15) is 0 Å². The minimum absolute atomic E-state index is 0.393. The largest absolute Gasteiger partial charge is 0.389 e. The fraction of sp³-hybridized carbons (Fsp3) is 0.188. The zero-order chi connectivity index (χ0) is 14.5. The lowest BCUT2D eigenvalue weighted by atomic mass is 10.1. The average Bonchev–Trinajstić information content (AvgIpc) is 2.41. The van der Waals surface area contributed by atoms with Crippen molar-refractivity contribution in [1.29, 1.82) is 0 Å². The van der Waals surface area contributed by atoms with Gasteiger partial charge in [-0.15, -0.1) is 0 Å². The van der Waals surface area contributed by atoms with E-state index in [1.807, 2.05) is 43.3 Å². The van der Waals surface area contributed by atoms with Crippen molar-refractivity contribution in [2.45, 2.75) is 13.5 Å². The maximum absolute atomic E-state index is 5.79. The first-order valence-electron chi connectivity index (χ1n) is 6.36. The van der Waals surface area contributed by atoms with Gasteiger partial charge in [0.05, 0.1) is 12.3 Å². The van der Waals surface area contributed by atoms with Gasteiger partial charge in [0.1, 0.15) is 4.99 Å². The monoisotopic (exact) mass is 286 g/mol.